The van der Waals surface area contributed by atoms with Gasteiger partial charge in [-0.25, -0.2) is 0 Å². The molecule has 1 unspecified atom stereocenters. The van der Waals surface area contributed by atoms with E-state index in [2.05, 4.69) is 0 Å². The number of hydrogen-bond donors (Lipinski definition) is 1. The first kappa shape index (κ1) is 14.8. The third-order valence-corrected chi connectivity index (χ3v) is 2.93. The fourth-order valence-electron chi connectivity index (χ4n) is 1.12. The highest BCUT2D eigenvalue weighted by Gasteiger charge is 2.20. The van der Waals surface area contributed by atoms with E-state index in [0.717, 1.165) is 0 Å². The van der Waals surface area contributed by atoms with Crippen LogP contribution in [0.2, 0.25) is 0 Å². The fraction of sp³-hybridized carbons (Fsp3) is 0.700. The number of aliphatic carboxylic acids is 1. The van der Waals surface area contributed by atoms with Gasteiger partial charge in [-0.05, 0) is 13.3 Å². The van der Waals surface area contributed by atoms with E-state index in [0.29, 0.717) is 6.42 Å². The number of thioether (sulfide) groups is 1. The van der Waals surface area contributed by atoms with Crippen molar-refractivity contribution in [3.05, 3.63) is 0 Å². The van der Waals surface area contributed by atoms with Crippen LogP contribution in [-0.4, -0.2) is 46.0 Å². The fourth-order valence-corrected chi connectivity index (χ4v) is 1.66. The predicted molar refractivity (Wildman–Crippen MR) is 62.0 cm³/mol. The lowest BCUT2D eigenvalue weighted by Crippen LogP contribution is -2.42. The number of amides is 1. The molecule has 1 atom stereocenters. The first-order valence-corrected chi connectivity index (χ1v) is 6.14. The van der Waals surface area contributed by atoms with Crippen LogP contribution in [-0.2, 0) is 9.59 Å². The topological polar surface area (TPSA) is 81.4 Å². The average Bonchev–Trinajstić information content (AvgIpc) is 2.24. The van der Waals surface area contributed by atoms with Gasteiger partial charge in [0.15, 0.2) is 0 Å². The van der Waals surface area contributed by atoms with Crippen molar-refractivity contribution in [1.82, 2.24) is 4.90 Å². The van der Waals surface area contributed by atoms with Crippen LogP contribution in [0.3, 0.4) is 0 Å². The van der Waals surface area contributed by atoms with Gasteiger partial charge < -0.3 is 10.0 Å². The molecule has 0 aliphatic rings. The molecule has 0 heterocycles. The maximum absolute atomic E-state index is 11.7. The van der Waals surface area contributed by atoms with Gasteiger partial charge in [-0.2, -0.15) is 5.26 Å². The molecule has 0 radical (unpaired) electrons. The summed E-state index contributed by atoms with van der Waals surface area (Å²) in [5.74, 6) is -0.839. The molecule has 0 aromatic carbocycles. The van der Waals surface area contributed by atoms with E-state index in [1.54, 1.807) is 0 Å². The number of hydrogen-bond acceptors (Lipinski definition) is 4. The second-order valence-electron chi connectivity index (χ2n) is 3.32. The second-order valence-corrected chi connectivity index (χ2v) is 4.31. The van der Waals surface area contributed by atoms with E-state index in [1.807, 2.05) is 19.9 Å². The maximum Gasteiger partial charge on any atom is 0.323 e. The Kier molecular flexibility index (Phi) is 7.38. The van der Waals surface area contributed by atoms with Crippen molar-refractivity contribution in [3.8, 4) is 6.07 Å². The lowest BCUT2D eigenvalue weighted by Gasteiger charge is -2.26. The molecule has 90 valence electrons. The molecule has 6 heteroatoms. The largest absolute Gasteiger partial charge is 0.480 e. The highest BCUT2D eigenvalue weighted by molar-refractivity contribution is 8.00. The maximum atomic E-state index is 11.7. The van der Waals surface area contributed by atoms with Gasteiger partial charge in [0.2, 0.25) is 5.91 Å². The zero-order chi connectivity index (χ0) is 12.6. The van der Waals surface area contributed by atoms with Crippen molar-refractivity contribution in [2.45, 2.75) is 26.3 Å². The molecular weight excluding hydrogens is 228 g/mol. The van der Waals surface area contributed by atoms with E-state index in [-0.39, 0.29) is 30.0 Å². The summed E-state index contributed by atoms with van der Waals surface area (Å²) in [4.78, 5) is 23.6. The summed E-state index contributed by atoms with van der Waals surface area (Å²) in [5, 5.41) is 17.0. The van der Waals surface area contributed by atoms with Gasteiger partial charge in [0.25, 0.3) is 0 Å². The lowest BCUT2D eigenvalue weighted by atomic mass is 10.2. The van der Waals surface area contributed by atoms with E-state index in [4.69, 9.17) is 10.4 Å². The van der Waals surface area contributed by atoms with Crippen molar-refractivity contribution in [3.63, 3.8) is 0 Å². The van der Waals surface area contributed by atoms with Crippen LogP contribution in [0.5, 0.6) is 0 Å². The minimum Gasteiger partial charge on any atom is -0.480 e. The second kappa shape index (κ2) is 7.99. The number of carbonyl (C=O) groups excluding carboxylic acids is 1. The van der Waals surface area contributed by atoms with Crippen LogP contribution in [0.25, 0.3) is 0 Å². The SMILES string of the molecule is CCC(C)N(CC(=O)O)C(=O)CSCC#N. The van der Waals surface area contributed by atoms with Crippen LogP contribution in [0.15, 0.2) is 0 Å². The Hall–Kier alpha value is -1.22. The van der Waals surface area contributed by atoms with Crippen LogP contribution in [0, 0.1) is 11.3 Å². The predicted octanol–water partition coefficient (Wildman–Crippen LogP) is 0.955. The molecule has 0 bridgehead atoms. The van der Waals surface area contributed by atoms with Crippen molar-refractivity contribution in [1.29, 1.82) is 5.26 Å². The summed E-state index contributed by atoms with van der Waals surface area (Å²) in [6, 6.07) is 1.83. The monoisotopic (exact) mass is 244 g/mol. The summed E-state index contributed by atoms with van der Waals surface area (Å²) in [7, 11) is 0. The summed E-state index contributed by atoms with van der Waals surface area (Å²) in [6.07, 6.45) is 0.710. The Morgan fingerprint density at radius 1 is 1.56 bits per heavy atom. The van der Waals surface area contributed by atoms with Gasteiger partial charge in [0.1, 0.15) is 6.54 Å². The van der Waals surface area contributed by atoms with Crippen molar-refractivity contribution < 1.29 is 14.7 Å². The summed E-state index contributed by atoms with van der Waals surface area (Å²) in [6.45, 7) is 3.44. The first-order valence-electron chi connectivity index (χ1n) is 4.98. The van der Waals surface area contributed by atoms with E-state index in [9.17, 15) is 9.59 Å². The molecule has 0 saturated heterocycles. The number of nitrogens with zero attached hydrogens (tertiary/aromatic N) is 2. The highest BCUT2D eigenvalue weighted by atomic mass is 32.2. The molecule has 0 aromatic rings. The standard InChI is InChI=1S/C10H16N2O3S/c1-3-8(2)12(6-10(14)15)9(13)7-16-5-4-11/h8H,3,5-7H2,1-2H3,(H,14,15). The van der Waals surface area contributed by atoms with Gasteiger partial charge in [-0.15, -0.1) is 11.8 Å². The van der Waals surface area contributed by atoms with Crippen LogP contribution in [0.1, 0.15) is 20.3 Å². The Morgan fingerprint density at radius 2 is 2.19 bits per heavy atom. The smallest absolute Gasteiger partial charge is 0.323 e. The number of carboxylic acids is 1. The van der Waals surface area contributed by atoms with Crippen molar-refractivity contribution in [2.24, 2.45) is 0 Å². The average molecular weight is 244 g/mol. The van der Waals surface area contributed by atoms with Gasteiger partial charge >= 0.3 is 5.97 Å². The van der Waals surface area contributed by atoms with Crippen molar-refractivity contribution >= 4 is 23.6 Å². The Balaban J connectivity index is 4.33. The molecule has 0 saturated carbocycles. The molecule has 1 amide bonds. The first-order chi connectivity index (χ1) is 7.52. The number of nitriles is 1. The quantitative estimate of drug-likeness (QED) is 0.674. The van der Waals surface area contributed by atoms with E-state index in [1.165, 1.54) is 16.7 Å². The Morgan fingerprint density at radius 3 is 2.62 bits per heavy atom. The summed E-state index contributed by atoms with van der Waals surface area (Å²) in [5.41, 5.74) is 0. The third kappa shape index (κ3) is 5.61. The van der Waals surface area contributed by atoms with Gasteiger partial charge in [-0.3, -0.25) is 9.59 Å². The van der Waals surface area contributed by atoms with Gasteiger partial charge in [0, 0.05) is 6.04 Å². The summed E-state index contributed by atoms with van der Waals surface area (Å²) < 4.78 is 0. The molecule has 5 nitrogen and oxygen atoms in total. The molecule has 1 N–H and O–H groups in total. The normalized spacial score (nSPS) is 11.6. The number of rotatable bonds is 7. The Bertz CT molecular complexity index is 288. The van der Waals surface area contributed by atoms with Gasteiger partial charge in [-0.1, -0.05) is 6.92 Å². The summed E-state index contributed by atoms with van der Waals surface area (Å²) >= 11 is 1.20. The molecule has 0 aromatic heterocycles. The lowest BCUT2D eigenvalue weighted by molar-refractivity contribution is -0.144. The molecule has 0 rings (SSSR count). The third-order valence-electron chi connectivity index (χ3n) is 2.14. The molecule has 0 aliphatic heterocycles. The molecule has 0 fully saturated rings. The zero-order valence-corrected chi connectivity index (χ0v) is 10.3. The van der Waals surface area contributed by atoms with Crippen LogP contribution < -0.4 is 0 Å². The zero-order valence-electron chi connectivity index (χ0n) is 9.47. The number of carboxylic acid groups (broad SMARTS) is 1. The van der Waals surface area contributed by atoms with Crippen molar-refractivity contribution in [2.75, 3.05) is 18.1 Å². The molecule has 0 aliphatic carbocycles. The molecular formula is C10H16N2O3S. The van der Waals surface area contributed by atoms with Gasteiger partial charge in [0.05, 0.1) is 17.6 Å². The molecule has 16 heavy (non-hydrogen) atoms. The minimum atomic E-state index is -1.01. The highest BCUT2D eigenvalue weighted by Crippen LogP contribution is 2.08. The van der Waals surface area contributed by atoms with E-state index < -0.39 is 5.97 Å². The number of carbonyl (C=O) groups is 2. The van der Waals surface area contributed by atoms with Crippen LogP contribution >= 0.6 is 11.8 Å². The minimum absolute atomic E-state index is 0.0914. The van der Waals surface area contributed by atoms with E-state index >= 15 is 0 Å². The molecule has 0 spiro atoms. The van der Waals surface area contributed by atoms with Crippen LogP contribution in [0.4, 0.5) is 0 Å². The Labute approximate surface area is 99.4 Å².